The summed E-state index contributed by atoms with van der Waals surface area (Å²) in [6.45, 7) is 2.22. The van der Waals surface area contributed by atoms with E-state index < -0.39 is 26.2 Å². The van der Waals surface area contributed by atoms with Crippen molar-refractivity contribution < 1.29 is 21.0 Å². The molecule has 1 atom stereocenters. The van der Waals surface area contributed by atoms with Crippen LogP contribution in [0.4, 0.5) is 0 Å². The molecule has 1 aromatic carbocycles. The van der Waals surface area contributed by atoms with E-state index in [9.17, 15) is 16.8 Å². The maximum absolute atomic E-state index is 12.1. The molecule has 0 saturated carbocycles. The van der Waals surface area contributed by atoms with E-state index in [4.69, 9.17) is 4.18 Å². The minimum absolute atomic E-state index is 0.0733. The van der Waals surface area contributed by atoms with Crippen LogP contribution in [0, 0.1) is 6.92 Å². The molecule has 1 heterocycles. The lowest BCUT2D eigenvalue weighted by molar-refractivity contribution is 0.222. The average Bonchev–Trinajstić information content (AvgIpc) is 2.77. The highest BCUT2D eigenvalue weighted by Gasteiger charge is 2.32. The molecule has 0 spiro atoms. The van der Waals surface area contributed by atoms with Gasteiger partial charge in [-0.1, -0.05) is 17.7 Å². The number of hydrogen-bond donors (Lipinski definition) is 0. The van der Waals surface area contributed by atoms with Gasteiger partial charge in [0.25, 0.3) is 10.1 Å². The molecule has 0 aliphatic carbocycles. The van der Waals surface area contributed by atoms with Crippen molar-refractivity contribution in [2.45, 2.75) is 24.3 Å². The van der Waals surface area contributed by atoms with E-state index >= 15 is 0 Å². The third-order valence-electron chi connectivity index (χ3n) is 3.15. The summed E-state index contributed by atoms with van der Waals surface area (Å²) in [4.78, 5) is 0.0842. The second-order valence-corrected chi connectivity index (χ2v) is 8.45. The molecule has 0 bridgehead atoms. The van der Waals surface area contributed by atoms with Gasteiger partial charge in [-0.3, -0.25) is 4.18 Å². The van der Waals surface area contributed by atoms with Gasteiger partial charge < -0.3 is 0 Å². The Morgan fingerprint density at radius 2 is 1.75 bits per heavy atom. The topological polar surface area (TPSA) is 80.8 Å². The molecular weight excluding hydrogens is 302 g/mol. The summed E-state index contributed by atoms with van der Waals surface area (Å²) in [6.07, 6.45) is 0.846. The van der Waals surface area contributed by atoms with Gasteiger partial charge in [0.2, 0.25) is 10.0 Å². The number of rotatable bonds is 4. The summed E-state index contributed by atoms with van der Waals surface area (Å²) >= 11 is 0. The summed E-state index contributed by atoms with van der Waals surface area (Å²) in [6, 6.07) is 6.34. The Labute approximate surface area is 119 Å². The Bertz CT molecular complexity index is 679. The molecule has 6 nitrogen and oxygen atoms in total. The summed E-state index contributed by atoms with van der Waals surface area (Å²) in [5.41, 5.74) is 0.952. The molecule has 2 rings (SSSR count). The first kappa shape index (κ1) is 15.4. The molecule has 1 saturated heterocycles. The number of benzene rings is 1. The van der Waals surface area contributed by atoms with Gasteiger partial charge in [-0.15, -0.1) is 0 Å². The van der Waals surface area contributed by atoms with Crippen LogP contribution < -0.4 is 0 Å². The van der Waals surface area contributed by atoms with Crippen LogP contribution in [0.15, 0.2) is 29.2 Å². The maximum Gasteiger partial charge on any atom is 0.297 e. The molecule has 0 amide bonds. The quantitative estimate of drug-likeness (QED) is 0.765. The van der Waals surface area contributed by atoms with Crippen LogP contribution in [0.1, 0.15) is 12.0 Å². The molecule has 20 heavy (non-hydrogen) atoms. The fourth-order valence-corrected chi connectivity index (χ4v) is 3.99. The molecule has 112 valence electrons. The SMILES string of the molecule is Cc1ccc(S(=O)(=O)OC2CCN(S(C)(=O)=O)C2)cc1. The van der Waals surface area contributed by atoms with Crippen LogP contribution in [-0.2, 0) is 24.3 Å². The Morgan fingerprint density at radius 1 is 1.15 bits per heavy atom. The van der Waals surface area contributed by atoms with Gasteiger partial charge in [0, 0.05) is 13.1 Å². The van der Waals surface area contributed by atoms with Crippen molar-refractivity contribution in [3.05, 3.63) is 29.8 Å². The zero-order valence-electron chi connectivity index (χ0n) is 11.3. The molecule has 0 aromatic heterocycles. The molecule has 1 aliphatic rings. The summed E-state index contributed by atoms with van der Waals surface area (Å²) in [7, 11) is -7.15. The highest BCUT2D eigenvalue weighted by Crippen LogP contribution is 2.21. The standard InChI is InChI=1S/C12H17NO5S2/c1-10-3-5-12(6-4-10)20(16,17)18-11-7-8-13(9-11)19(2,14)15/h3-6,11H,7-9H2,1-2H3. The monoisotopic (exact) mass is 319 g/mol. The van der Waals surface area contributed by atoms with E-state index in [1.807, 2.05) is 6.92 Å². The maximum atomic E-state index is 12.1. The Balaban J connectivity index is 2.09. The first-order valence-corrected chi connectivity index (χ1v) is 9.39. The van der Waals surface area contributed by atoms with Crippen molar-refractivity contribution in [3.8, 4) is 0 Å². The van der Waals surface area contributed by atoms with Crippen LogP contribution in [-0.4, -0.2) is 46.6 Å². The lowest BCUT2D eigenvalue weighted by Gasteiger charge is -2.14. The average molecular weight is 319 g/mol. The minimum atomic E-state index is -3.85. The third kappa shape index (κ3) is 3.57. The van der Waals surface area contributed by atoms with Crippen LogP contribution in [0.25, 0.3) is 0 Å². The van der Waals surface area contributed by atoms with Crippen LogP contribution in [0.2, 0.25) is 0 Å². The fourth-order valence-electron chi connectivity index (χ4n) is 2.02. The Kier molecular flexibility index (Phi) is 4.19. The normalized spacial score (nSPS) is 21.2. The zero-order valence-corrected chi connectivity index (χ0v) is 12.9. The van der Waals surface area contributed by atoms with Gasteiger partial charge in [0.05, 0.1) is 17.3 Å². The highest BCUT2D eigenvalue weighted by molar-refractivity contribution is 7.88. The van der Waals surface area contributed by atoms with E-state index in [0.717, 1.165) is 11.8 Å². The number of nitrogens with zero attached hydrogens (tertiary/aromatic N) is 1. The van der Waals surface area contributed by atoms with Gasteiger partial charge in [0.1, 0.15) is 0 Å². The van der Waals surface area contributed by atoms with Crippen molar-refractivity contribution in [2.75, 3.05) is 19.3 Å². The molecule has 1 unspecified atom stereocenters. The van der Waals surface area contributed by atoms with Gasteiger partial charge in [-0.25, -0.2) is 8.42 Å². The summed E-state index contributed by atoms with van der Waals surface area (Å²) in [5, 5.41) is 0. The van der Waals surface area contributed by atoms with Gasteiger partial charge in [-0.2, -0.15) is 12.7 Å². The van der Waals surface area contributed by atoms with E-state index in [2.05, 4.69) is 0 Å². The lowest BCUT2D eigenvalue weighted by atomic mass is 10.2. The first-order chi connectivity index (χ1) is 9.18. The van der Waals surface area contributed by atoms with E-state index in [1.165, 1.54) is 16.4 Å². The molecule has 8 heteroatoms. The van der Waals surface area contributed by atoms with Crippen molar-refractivity contribution in [1.29, 1.82) is 0 Å². The summed E-state index contributed by atoms with van der Waals surface area (Å²) < 4.78 is 53.2. The van der Waals surface area contributed by atoms with E-state index in [-0.39, 0.29) is 18.0 Å². The molecule has 1 fully saturated rings. The molecule has 0 radical (unpaired) electrons. The third-order valence-corrected chi connectivity index (χ3v) is 5.79. The van der Waals surface area contributed by atoms with Crippen molar-refractivity contribution in [1.82, 2.24) is 4.31 Å². The van der Waals surface area contributed by atoms with Gasteiger partial charge in [-0.05, 0) is 25.5 Å². The highest BCUT2D eigenvalue weighted by atomic mass is 32.2. The lowest BCUT2D eigenvalue weighted by Crippen LogP contribution is -2.29. The van der Waals surface area contributed by atoms with Crippen molar-refractivity contribution in [3.63, 3.8) is 0 Å². The predicted octanol–water partition coefficient (Wildman–Crippen LogP) is 0.734. The summed E-state index contributed by atoms with van der Waals surface area (Å²) in [5.74, 6) is 0. The van der Waals surface area contributed by atoms with Crippen LogP contribution >= 0.6 is 0 Å². The van der Waals surface area contributed by atoms with Crippen LogP contribution in [0.3, 0.4) is 0 Å². The zero-order chi connectivity index (χ0) is 15.0. The van der Waals surface area contributed by atoms with E-state index in [0.29, 0.717) is 6.42 Å². The van der Waals surface area contributed by atoms with E-state index in [1.54, 1.807) is 12.1 Å². The molecule has 0 N–H and O–H groups in total. The smallest absolute Gasteiger partial charge is 0.262 e. The first-order valence-electron chi connectivity index (χ1n) is 6.13. The second kappa shape index (κ2) is 5.44. The molecule has 1 aromatic rings. The van der Waals surface area contributed by atoms with Crippen molar-refractivity contribution >= 4 is 20.1 Å². The Morgan fingerprint density at radius 3 is 2.25 bits per heavy atom. The number of hydrogen-bond acceptors (Lipinski definition) is 5. The van der Waals surface area contributed by atoms with Gasteiger partial charge in [0.15, 0.2) is 0 Å². The molecular formula is C12H17NO5S2. The van der Waals surface area contributed by atoms with Crippen molar-refractivity contribution in [2.24, 2.45) is 0 Å². The minimum Gasteiger partial charge on any atom is -0.262 e. The second-order valence-electron chi connectivity index (χ2n) is 4.90. The fraction of sp³-hybridized carbons (Fsp3) is 0.500. The van der Waals surface area contributed by atoms with Gasteiger partial charge >= 0.3 is 0 Å². The molecule has 1 aliphatic heterocycles. The Hall–Kier alpha value is -0.960. The largest absolute Gasteiger partial charge is 0.297 e. The predicted molar refractivity (Wildman–Crippen MR) is 74.3 cm³/mol. The van der Waals surface area contributed by atoms with Crippen LogP contribution in [0.5, 0.6) is 0 Å². The number of sulfonamides is 1. The number of aryl methyl sites for hydroxylation is 1.